The van der Waals surface area contributed by atoms with Gasteiger partial charge in [0.05, 0.1) is 5.71 Å². The summed E-state index contributed by atoms with van der Waals surface area (Å²) >= 11 is 0. The smallest absolute Gasteiger partial charge is 0.303 e. The lowest BCUT2D eigenvalue weighted by atomic mass is 9.83. The van der Waals surface area contributed by atoms with E-state index in [1.807, 2.05) is 49.4 Å². The fraction of sp³-hybridized carbons (Fsp3) is 0.333. The van der Waals surface area contributed by atoms with Gasteiger partial charge in [-0.3, -0.25) is 14.4 Å². The topological polar surface area (TPSA) is 112 Å². The molecule has 1 atom stereocenters. The Bertz CT molecular complexity index is 1390. The highest BCUT2D eigenvalue weighted by molar-refractivity contribution is 6.00. The standard InChI is InChI=1S/C30H33N3O5/c1-20-5-3-4-6-25(20)26(18-27(31-38)24-11-12-28(34)32(2)19-24)22-7-9-23(10-8-22)30(37)33-15-13-21(14-16-33)17-29(35)36/h3-12,19,21,26,38H,13-18H2,1-2H3,(H,35,36)/b31-27+. The Balaban J connectivity index is 1.57. The summed E-state index contributed by atoms with van der Waals surface area (Å²) in [5.41, 5.74) is 4.71. The van der Waals surface area contributed by atoms with E-state index in [-0.39, 0.29) is 29.7 Å². The summed E-state index contributed by atoms with van der Waals surface area (Å²) in [5.74, 6) is -0.877. The third-order valence-electron chi connectivity index (χ3n) is 7.43. The molecule has 0 bridgehead atoms. The van der Waals surface area contributed by atoms with E-state index in [1.54, 1.807) is 24.2 Å². The molecule has 1 aliphatic rings. The molecule has 0 spiro atoms. The molecule has 2 N–H and O–H groups in total. The normalized spacial score (nSPS) is 15.3. The number of hydrogen-bond acceptors (Lipinski definition) is 5. The molecule has 2 heterocycles. The number of oxime groups is 1. The Morgan fingerprint density at radius 1 is 1.00 bits per heavy atom. The number of benzene rings is 2. The number of carbonyl (C=O) groups excluding carboxylic acids is 1. The van der Waals surface area contributed by atoms with Crippen LogP contribution in [0.1, 0.15) is 64.2 Å². The molecule has 8 nitrogen and oxygen atoms in total. The van der Waals surface area contributed by atoms with E-state index in [9.17, 15) is 19.6 Å². The van der Waals surface area contributed by atoms with Gasteiger partial charge in [-0.1, -0.05) is 41.6 Å². The zero-order chi connectivity index (χ0) is 27.2. The number of aryl methyl sites for hydroxylation is 2. The van der Waals surface area contributed by atoms with Crippen molar-refractivity contribution < 1.29 is 19.9 Å². The van der Waals surface area contributed by atoms with Gasteiger partial charge >= 0.3 is 5.97 Å². The quantitative estimate of drug-likeness (QED) is 0.262. The summed E-state index contributed by atoms with van der Waals surface area (Å²) < 4.78 is 1.45. The van der Waals surface area contributed by atoms with E-state index < -0.39 is 5.97 Å². The highest BCUT2D eigenvalue weighted by Gasteiger charge is 2.26. The summed E-state index contributed by atoms with van der Waals surface area (Å²) in [6.07, 6.45) is 3.59. The lowest BCUT2D eigenvalue weighted by molar-refractivity contribution is -0.138. The van der Waals surface area contributed by atoms with Crippen LogP contribution in [0.15, 0.2) is 76.8 Å². The molecule has 1 unspecified atom stereocenters. The van der Waals surface area contributed by atoms with Crippen LogP contribution in [0.25, 0.3) is 0 Å². The van der Waals surface area contributed by atoms with Crippen molar-refractivity contribution in [3.63, 3.8) is 0 Å². The van der Waals surface area contributed by atoms with Crippen LogP contribution in [0.4, 0.5) is 0 Å². The number of hydrogen-bond donors (Lipinski definition) is 2. The number of likely N-dealkylation sites (tertiary alicyclic amines) is 1. The van der Waals surface area contributed by atoms with Crippen molar-refractivity contribution in [2.24, 2.45) is 18.1 Å². The third-order valence-corrected chi connectivity index (χ3v) is 7.43. The van der Waals surface area contributed by atoms with Crippen molar-refractivity contribution in [3.8, 4) is 0 Å². The maximum atomic E-state index is 13.1. The Kier molecular flexibility index (Phi) is 8.41. The molecule has 0 aliphatic carbocycles. The molecule has 38 heavy (non-hydrogen) atoms. The van der Waals surface area contributed by atoms with Crippen LogP contribution in [0.2, 0.25) is 0 Å². The minimum atomic E-state index is -0.792. The number of carboxylic acids is 1. The molecule has 0 radical (unpaired) electrons. The molecule has 198 valence electrons. The van der Waals surface area contributed by atoms with Crippen molar-refractivity contribution in [1.29, 1.82) is 0 Å². The van der Waals surface area contributed by atoms with Gasteiger partial charge in [-0.25, -0.2) is 0 Å². The van der Waals surface area contributed by atoms with Gasteiger partial charge in [-0.2, -0.15) is 0 Å². The minimum absolute atomic E-state index is 0.0550. The first kappa shape index (κ1) is 26.9. The highest BCUT2D eigenvalue weighted by Crippen LogP contribution is 2.32. The van der Waals surface area contributed by atoms with E-state index >= 15 is 0 Å². The number of carbonyl (C=O) groups is 2. The molecule has 4 rings (SSSR count). The van der Waals surface area contributed by atoms with Crippen LogP contribution in [-0.2, 0) is 11.8 Å². The van der Waals surface area contributed by atoms with Gasteiger partial charge in [-0.15, -0.1) is 0 Å². The molecule has 1 aromatic heterocycles. The van der Waals surface area contributed by atoms with Gasteiger partial charge in [0.25, 0.3) is 5.91 Å². The number of rotatable bonds is 8. The van der Waals surface area contributed by atoms with Crippen molar-refractivity contribution in [2.75, 3.05) is 13.1 Å². The van der Waals surface area contributed by atoms with Crippen LogP contribution < -0.4 is 5.56 Å². The van der Waals surface area contributed by atoms with Gasteiger partial charge in [0.2, 0.25) is 5.56 Å². The van der Waals surface area contributed by atoms with Crippen LogP contribution >= 0.6 is 0 Å². The van der Waals surface area contributed by atoms with E-state index in [1.165, 1.54) is 10.6 Å². The predicted molar refractivity (Wildman–Crippen MR) is 145 cm³/mol. The van der Waals surface area contributed by atoms with Gasteiger partial charge in [0.1, 0.15) is 0 Å². The molecule has 1 saturated heterocycles. The lowest BCUT2D eigenvalue weighted by Gasteiger charge is -2.31. The van der Waals surface area contributed by atoms with E-state index in [0.717, 1.165) is 16.7 Å². The molecule has 1 aliphatic heterocycles. The molecule has 0 saturated carbocycles. The lowest BCUT2D eigenvalue weighted by Crippen LogP contribution is -2.38. The molecule has 1 fully saturated rings. The highest BCUT2D eigenvalue weighted by atomic mass is 16.4. The summed E-state index contributed by atoms with van der Waals surface area (Å²) in [5, 5.41) is 22.5. The molecule has 8 heteroatoms. The fourth-order valence-corrected chi connectivity index (χ4v) is 5.19. The van der Waals surface area contributed by atoms with E-state index in [0.29, 0.717) is 49.2 Å². The molecular formula is C30H33N3O5. The van der Waals surface area contributed by atoms with Crippen molar-refractivity contribution >= 4 is 17.6 Å². The van der Waals surface area contributed by atoms with E-state index in [4.69, 9.17) is 5.11 Å². The van der Waals surface area contributed by atoms with Gasteiger partial charge in [0, 0.05) is 62.3 Å². The molecule has 2 aromatic carbocycles. The largest absolute Gasteiger partial charge is 0.481 e. The molecule has 3 aromatic rings. The first-order valence-corrected chi connectivity index (χ1v) is 12.8. The maximum Gasteiger partial charge on any atom is 0.303 e. The molecule has 1 amide bonds. The first-order chi connectivity index (χ1) is 18.3. The Morgan fingerprint density at radius 2 is 1.66 bits per heavy atom. The summed E-state index contributed by atoms with van der Waals surface area (Å²) in [6.45, 7) is 3.15. The number of aromatic nitrogens is 1. The van der Waals surface area contributed by atoms with Crippen molar-refractivity contribution in [2.45, 2.75) is 38.5 Å². The van der Waals surface area contributed by atoms with Crippen molar-refractivity contribution in [1.82, 2.24) is 9.47 Å². The van der Waals surface area contributed by atoms with Crippen LogP contribution in [-0.4, -0.2) is 50.5 Å². The van der Waals surface area contributed by atoms with Gasteiger partial charge < -0.3 is 19.8 Å². The number of carboxylic acid groups (broad SMARTS) is 1. The predicted octanol–water partition coefficient (Wildman–Crippen LogP) is 4.42. The number of piperidine rings is 1. The average Bonchev–Trinajstić information content (AvgIpc) is 2.91. The first-order valence-electron chi connectivity index (χ1n) is 12.8. The average molecular weight is 516 g/mol. The Labute approximate surface area is 221 Å². The van der Waals surface area contributed by atoms with Gasteiger partial charge in [-0.05, 0) is 60.6 Å². The number of nitrogens with zero attached hydrogens (tertiary/aromatic N) is 3. The van der Waals surface area contributed by atoms with Crippen LogP contribution in [0, 0.1) is 12.8 Å². The monoisotopic (exact) mass is 515 g/mol. The number of pyridine rings is 1. The Hall–Kier alpha value is -4.20. The molecular weight excluding hydrogens is 482 g/mol. The number of aliphatic carboxylic acids is 1. The summed E-state index contributed by atoms with van der Waals surface area (Å²) in [7, 11) is 1.66. The third kappa shape index (κ3) is 6.19. The van der Waals surface area contributed by atoms with Crippen molar-refractivity contribution in [3.05, 3.63) is 105 Å². The minimum Gasteiger partial charge on any atom is -0.481 e. The van der Waals surface area contributed by atoms with E-state index in [2.05, 4.69) is 11.2 Å². The van der Waals surface area contributed by atoms with Crippen LogP contribution in [0.5, 0.6) is 0 Å². The second kappa shape index (κ2) is 11.9. The maximum absolute atomic E-state index is 13.1. The zero-order valence-corrected chi connectivity index (χ0v) is 21.7. The SMILES string of the molecule is Cc1ccccc1C(C/C(=N\O)c1ccc(=O)n(C)c1)c1ccc(C(=O)N2CCC(CC(=O)O)CC2)cc1. The fourth-order valence-electron chi connectivity index (χ4n) is 5.19. The summed E-state index contributed by atoms with van der Waals surface area (Å²) in [4.78, 5) is 37.8. The second-order valence-electron chi connectivity index (χ2n) is 9.98. The Morgan fingerprint density at radius 3 is 2.26 bits per heavy atom. The second-order valence-corrected chi connectivity index (χ2v) is 9.98. The van der Waals surface area contributed by atoms with Crippen LogP contribution in [0.3, 0.4) is 0 Å². The number of amides is 1. The summed E-state index contributed by atoms with van der Waals surface area (Å²) in [6, 6.07) is 18.7. The zero-order valence-electron chi connectivity index (χ0n) is 21.7. The van der Waals surface area contributed by atoms with Gasteiger partial charge in [0.15, 0.2) is 0 Å².